The number of carbonyl (C=O) groups excluding carboxylic acids is 1. The maximum absolute atomic E-state index is 12.6. The van der Waals surface area contributed by atoms with Gasteiger partial charge in [-0.1, -0.05) is 56.3 Å². The molecule has 148 valence electrons. The van der Waals surface area contributed by atoms with Crippen molar-refractivity contribution in [3.63, 3.8) is 0 Å². The van der Waals surface area contributed by atoms with Gasteiger partial charge in [-0.3, -0.25) is 4.79 Å². The molecular weight excluding hydrogens is 356 g/mol. The van der Waals surface area contributed by atoms with E-state index in [4.69, 9.17) is 0 Å². The average molecular weight is 385 g/mol. The maximum atomic E-state index is 12.6. The van der Waals surface area contributed by atoms with Crippen molar-refractivity contribution < 1.29 is 4.79 Å². The minimum absolute atomic E-state index is 0.0721. The lowest BCUT2D eigenvalue weighted by Crippen LogP contribution is -2.28. The van der Waals surface area contributed by atoms with E-state index in [0.29, 0.717) is 11.5 Å². The lowest BCUT2D eigenvalue weighted by molar-refractivity contribution is 0.102. The molecule has 3 nitrogen and oxygen atoms in total. The molecule has 3 aromatic carbocycles. The summed E-state index contributed by atoms with van der Waals surface area (Å²) in [6.07, 6.45) is 2.34. The van der Waals surface area contributed by atoms with Crippen LogP contribution in [0.4, 0.5) is 11.4 Å². The smallest absolute Gasteiger partial charge is 0.255 e. The molecule has 0 saturated heterocycles. The number of anilines is 2. The van der Waals surface area contributed by atoms with E-state index in [-0.39, 0.29) is 5.91 Å². The lowest BCUT2D eigenvalue weighted by Gasteiger charge is -2.31. The number of hydrogen-bond donors (Lipinski definition) is 1. The highest BCUT2D eigenvalue weighted by Crippen LogP contribution is 2.28. The van der Waals surface area contributed by atoms with Crippen LogP contribution in [0.5, 0.6) is 0 Å². The van der Waals surface area contributed by atoms with Gasteiger partial charge in [0.05, 0.1) is 0 Å². The molecule has 1 N–H and O–H groups in total. The van der Waals surface area contributed by atoms with Crippen molar-refractivity contribution >= 4 is 17.3 Å². The number of nitrogens with zero attached hydrogens (tertiary/aromatic N) is 1. The molecule has 0 saturated carbocycles. The second kappa shape index (κ2) is 8.52. The molecule has 4 rings (SSSR count). The van der Waals surface area contributed by atoms with Crippen LogP contribution in [0.25, 0.3) is 0 Å². The van der Waals surface area contributed by atoms with E-state index >= 15 is 0 Å². The van der Waals surface area contributed by atoms with Gasteiger partial charge >= 0.3 is 0 Å². The van der Waals surface area contributed by atoms with Crippen molar-refractivity contribution in [1.29, 1.82) is 0 Å². The fourth-order valence-corrected chi connectivity index (χ4v) is 3.91. The van der Waals surface area contributed by atoms with E-state index in [0.717, 1.165) is 25.2 Å². The lowest BCUT2D eigenvalue weighted by atomic mass is 10.0. The summed E-state index contributed by atoms with van der Waals surface area (Å²) in [5.74, 6) is 0.413. The van der Waals surface area contributed by atoms with E-state index in [2.05, 4.69) is 72.6 Å². The van der Waals surface area contributed by atoms with Crippen molar-refractivity contribution in [3.05, 3.63) is 95.1 Å². The zero-order valence-corrected chi connectivity index (χ0v) is 17.2. The third-order valence-electron chi connectivity index (χ3n) is 5.63. The summed E-state index contributed by atoms with van der Waals surface area (Å²) in [6.45, 7) is 6.27. The summed E-state index contributed by atoms with van der Waals surface area (Å²) in [6, 6.07) is 24.7. The van der Waals surface area contributed by atoms with Gasteiger partial charge in [0.25, 0.3) is 5.91 Å². The first-order valence-electron chi connectivity index (χ1n) is 10.4. The second-order valence-electron chi connectivity index (χ2n) is 8.08. The molecule has 0 radical (unpaired) electrons. The summed E-state index contributed by atoms with van der Waals surface area (Å²) >= 11 is 0. The molecule has 0 atom stereocenters. The third-order valence-corrected chi connectivity index (χ3v) is 5.63. The molecule has 1 aliphatic rings. The molecule has 0 bridgehead atoms. The number of nitrogens with one attached hydrogen (secondary N) is 1. The number of amides is 1. The van der Waals surface area contributed by atoms with E-state index in [1.54, 1.807) is 0 Å². The molecule has 0 unspecified atom stereocenters. The number of para-hydroxylation sites is 1. The van der Waals surface area contributed by atoms with Gasteiger partial charge in [-0.25, -0.2) is 0 Å². The first-order valence-corrected chi connectivity index (χ1v) is 10.4. The Balaban J connectivity index is 1.41. The van der Waals surface area contributed by atoms with Crippen LogP contribution in [-0.2, 0) is 13.0 Å². The van der Waals surface area contributed by atoms with Gasteiger partial charge in [-0.2, -0.15) is 0 Å². The van der Waals surface area contributed by atoms with Crippen LogP contribution in [0.1, 0.15) is 53.2 Å². The monoisotopic (exact) mass is 384 g/mol. The van der Waals surface area contributed by atoms with Gasteiger partial charge in [0.1, 0.15) is 0 Å². The van der Waals surface area contributed by atoms with Crippen LogP contribution < -0.4 is 10.2 Å². The highest BCUT2D eigenvalue weighted by atomic mass is 16.1. The fraction of sp³-hybridized carbons (Fsp3) is 0.269. The van der Waals surface area contributed by atoms with Crippen molar-refractivity contribution in [2.75, 3.05) is 16.8 Å². The van der Waals surface area contributed by atoms with E-state index < -0.39 is 0 Å². The maximum Gasteiger partial charge on any atom is 0.255 e. The fourth-order valence-electron chi connectivity index (χ4n) is 3.91. The van der Waals surface area contributed by atoms with E-state index in [1.165, 1.54) is 28.8 Å². The predicted octanol–water partition coefficient (Wildman–Crippen LogP) is 6.02. The quantitative estimate of drug-likeness (QED) is 0.584. The minimum Gasteiger partial charge on any atom is -0.367 e. The van der Waals surface area contributed by atoms with Crippen molar-refractivity contribution in [3.8, 4) is 0 Å². The van der Waals surface area contributed by atoms with Crippen LogP contribution in [-0.4, -0.2) is 12.5 Å². The number of rotatable bonds is 5. The highest BCUT2D eigenvalue weighted by molar-refractivity contribution is 6.04. The summed E-state index contributed by atoms with van der Waals surface area (Å²) in [4.78, 5) is 15.0. The predicted molar refractivity (Wildman–Crippen MR) is 121 cm³/mol. The Morgan fingerprint density at radius 2 is 1.69 bits per heavy atom. The molecular formula is C26H28N2O. The number of aryl methyl sites for hydroxylation is 1. The standard InChI is InChI=1S/C26H28N2O/c1-19(2)21-13-15-24(16-14-21)27-26(29)23-11-9-20(10-12-23)18-28-17-5-7-22-6-3-4-8-25(22)28/h3-4,6,8-16,19H,5,7,17-18H2,1-2H3,(H,27,29). The van der Waals surface area contributed by atoms with Crippen molar-refractivity contribution in [2.45, 2.75) is 39.2 Å². The Hall–Kier alpha value is -3.07. The summed E-state index contributed by atoms with van der Waals surface area (Å²) in [5, 5.41) is 2.99. The van der Waals surface area contributed by atoms with E-state index in [1.807, 2.05) is 24.3 Å². The van der Waals surface area contributed by atoms with Gasteiger partial charge in [0.15, 0.2) is 0 Å². The van der Waals surface area contributed by atoms with Crippen LogP contribution in [0, 0.1) is 0 Å². The van der Waals surface area contributed by atoms with Crippen LogP contribution in [0.2, 0.25) is 0 Å². The molecule has 1 heterocycles. The summed E-state index contributed by atoms with van der Waals surface area (Å²) in [7, 11) is 0. The number of fused-ring (bicyclic) bond motifs is 1. The Kier molecular flexibility index (Phi) is 5.66. The van der Waals surface area contributed by atoms with Crippen molar-refractivity contribution in [2.24, 2.45) is 0 Å². The third kappa shape index (κ3) is 4.51. The first-order chi connectivity index (χ1) is 14.1. The van der Waals surface area contributed by atoms with Gasteiger partial charge in [0, 0.05) is 30.0 Å². The molecule has 1 aliphatic heterocycles. The Morgan fingerprint density at radius 1 is 0.966 bits per heavy atom. The SMILES string of the molecule is CC(C)c1ccc(NC(=O)c2ccc(CN3CCCc4ccccc43)cc2)cc1. The molecule has 0 aromatic heterocycles. The number of hydrogen-bond acceptors (Lipinski definition) is 2. The Morgan fingerprint density at radius 3 is 2.41 bits per heavy atom. The second-order valence-corrected chi connectivity index (χ2v) is 8.08. The molecule has 3 heteroatoms. The topological polar surface area (TPSA) is 32.3 Å². The first kappa shape index (κ1) is 19.3. The van der Waals surface area contributed by atoms with Gasteiger partial charge < -0.3 is 10.2 Å². The zero-order chi connectivity index (χ0) is 20.2. The summed E-state index contributed by atoms with van der Waals surface area (Å²) < 4.78 is 0. The normalized spacial score (nSPS) is 13.3. The van der Waals surface area contributed by atoms with Gasteiger partial charge in [-0.15, -0.1) is 0 Å². The molecule has 3 aromatic rings. The Labute approximate surface area is 173 Å². The number of carbonyl (C=O) groups is 1. The van der Waals surface area contributed by atoms with Gasteiger partial charge in [-0.05, 0) is 65.8 Å². The average Bonchev–Trinajstić information content (AvgIpc) is 2.75. The highest BCUT2D eigenvalue weighted by Gasteiger charge is 2.16. The molecule has 0 aliphatic carbocycles. The van der Waals surface area contributed by atoms with Gasteiger partial charge in [0.2, 0.25) is 0 Å². The van der Waals surface area contributed by atoms with Crippen molar-refractivity contribution in [1.82, 2.24) is 0 Å². The van der Waals surface area contributed by atoms with Crippen LogP contribution in [0.15, 0.2) is 72.8 Å². The molecule has 0 spiro atoms. The molecule has 29 heavy (non-hydrogen) atoms. The molecule has 0 fully saturated rings. The molecule has 1 amide bonds. The zero-order valence-electron chi connectivity index (χ0n) is 17.2. The summed E-state index contributed by atoms with van der Waals surface area (Å²) in [5.41, 5.74) is 6.77. The Bertz CT molecular complexity index is 974. The van der Waals surface area contributed by atoms with Crippen LogP contribution >= 0.6 is 0 Å². The largest absolute Gasteiger partial charge is 0.367 e. The van der Waals surface area contributed by atoms with Crippen LogP contribution in [0.3, 0.4) is 0 Å². The number of benzene rings is 3. The minimum atomic E-state index is -0.0721. The van der Waals surface area contributed by atoms with E-state index in [9.17, 15) is 4.79 Å².